The van der Waals surface area contributed by atoms with Gasteiger partial charge in [-0.25, -0.2) is 0 Å². The molecule has 2 aromatic carbocycles. The van der Waals surface area contributed by atoms with E-state index in [2.05, 4.69) is 22.6 Å². The van der Waals surface area contributed by atoms with Gasteiger partial charge in [0.1, 0.15) is 5.69 Å². The van der Waals surface area contributed by atoms with E-state index >= 15 is 0 Å². The molecule has 0 spiro atoms. The van der Waals surface area contributed by atoms with Crippen molar-refractivity contribution < 1.29 is 0 Å². The van der Waals surface area contributed by atoms with Crippen LogP contribution in [0, 0.1) is 4.91 Å². The zero-order valence-corrected chi connectivity index (χ0v) is 9.31. The van der Waals surface area contributed by atoms with Crippen LogP contribution >= 0.6 is 0 Å². The Morgan fingerprint density at radius 1 is 0.941 bits per heavy atom. The highest BCUT2D eigenvalue weighted by molar-refractivity contribution is 5.72. The Kier molecular flexibility index (Phi) is 2.37. The van der Waals surface area contributed by atoms with Gasteiger partial charge in [0, 0.05) is 16.9 Å². The lowest BCUT2D eigenvalue weighted by Crippen LogP contribution is -1.92. The summed E-state index contributed by atoms with van der Waals surface area (Å²) in [7, 11) is 0. The van der Waals surface area contributed by atoms with Crippen molar-refractivity contribution in [3.05, 3.63) is 58.5 Å². The van der Waals surface area contributed by atoms with Crippen LogP contribution in [0.2, 0.25) is 0 Å². The number of fused-ring (bicyclic) bond motifs is 2. The molecule has 0 radical (unpaired) electrons. The molecule has 3 nitrogen and oxygen atoms in total. The maximum absolute atomic E-state index is 10.8. The highest BCUT2D eigenvalue weighted by Gasteiger charge is 2.15. The largest absolute Gasteiger partial charge is 0.355 e. The lowest BCUT2D eigenvalue weighted by molar-refractivity contribution is 0.976. The molecule has 0 aromatic heterocycles. The Bertz CT molecular complexity index is 578. The summed E-state index contributed by atoms with van der Waals surface area (Å²) in [6, 6.07) is 13.8. The average molecular weight is 224 g/mol. The molecule has 0 unspecified atom stereocenters. The van der Waals surface area contributed by atoms with Crippen LogP contribution in [0.4, 0.5) is 17.1 Å². The Morgan fingerprint density at radius 2 is 1.76 bits per heavy atom. The van der Waals surface area contributed by atoms with Crippen molar-refractivity contribution in [2.75, 3.05) is 5.32 Å². The van der Waals surface area contributed by atoms with Crippen molar-refractivity contribution in [1.82, 2.24) is 0 Å². The van der Waals surface area contributed by atoms with Crippen molar-refractivity contribution in [2.45, 2.75) is 12.8 Å². The summed E-state index contributed by atoms with van der Waals surface area (Å²) in [5.74, 6) is 0. The van der Waals surface area contributed by atoms with Gasteiger partial charge >= 0.3 is 0 Å². The summed E-state index contributed by atoms with van der Waals surface area (Å²) >= 11 is 0. The molecule has 0 saturated carbocycles. The fourth-order valence-corrected chi connectivity index (χ4v) is 2.31. The predicted octanol–water partition coefficient (Wildman–Crippen LogP) is 3.93. The van der Waals surface area contributed by atoms with Crippen LogP contribution < -0.4 is 5.32 Å². The van der Waals surface area contributed by atoms with Crippen molar-refractivity contribution in [1.29, 1.82) is 0 Å². The Hall–Kier alpha value is -2.16. The number of hydrogen-bond donors (Lipinski definition) is 1. The van der Waals surface area contributed by atoms with Crippen LogP contribution in [0.5, 0.6) is 0 Å². The Balaban J connectivity index is 2.12. The molecule has 0 atom stereocenters. The van der Waals surface area contributed by atoms with E-state index in [1.165, 1.54) is 5.56 Å². The van der Waals surface area contributed by atoms with E-state index < -0.39 is 0 Å². The van der Waals surface area contributed by atoms with E-state index in [-0.39, 0.29) is 0 Å². The normalized spacial score (nSPS) is 12.9. The quantitative estimate of drug-likeness (QED) is 0.746. The van der Waals surface area contributed by atoms with E-state index in [9.17, 15) is 4.91 Å². The molecule has 1 heterocycles. The van der Waals surface area contributed by atoms with E-state index in [4.69, 9.17) is 0 Å². The second-order valence-electron chi connectivity index (χ2n) is 4.18. The van der Waals surface area contributed by atoms with Gasteiger partial charge < -0.3 is 5.32 Å². The number of anilines is 2. The van der Waals surface area contributed by atoms with Crippen LogP contribution in [0.25, 0.3) is 0 Å². The standard InChI is InChI=1S/C14H12N2O/c17-16-14-7-3-6-13-11(14)9-8-10-4-1-2-5-12(10)15-13/h1-7,15H,8-9H2. The first kappa shape index (κ1) is 10.0. The molecular weight excluding hydrogens is 212 g/mol. The van der Waals surface area contributed by atoms with E-state index in [0.29, 0.717) is 5.69 Å². The zero-order chi connectivity index (χ0) is 11.7. The minimum absolute atomic E-state index is 0.544. The van der Waals surface area contributed by atoms with Gasteiger partial charge in [-0.1, -0.05) is 24.3 Å². The van der Waals surface area contributed by atoms with Gasteiger partial charge in [0.15, 0.2) is 0 Å². The molecule has 17 heavy (non-hydrogen) atoms. The van der Waals surface area contributed by atoms with E-state index in [1.54, 1.807) is 6.07 Å². The third-order valence-electron chi connectivity index (χ3n) is 3.18. The van der Waals surface area contributed by atoms with Gasteiger partial charge in [-0.15, -0.1) is 4.91 Å². The van der Waals surface area contributed by atoms with Crippen LogP contribution in [0.15, 0.2) is 47.6 Å². The number of nitrogens with zero attached hydrogens (tertiary/aromatic N) is 1. The summed E-state index contributed by atoms with van der Waals surface area (Å²) in [6.07, 6.45) is 1.78. The van der Waals surface area contributed by atoms with Crippen molar-refractivity contribution >= 4 is 17.1 Å². The molecular formula is C14H12N2O. The zero-order valence-electron chi connectivity index (χ0n) is 9.31. The number of benzene rings is 2. The highest BCUT2D eigenvalue weighted by Crippen LogP contribution is 2.34. The smallest absolute Gasteiger partial charge is 0.113 e. The van der Waals surface area contributed by atoms with Gasteiger partial charge in [-0.05, 0) is 41.8 Å². The molecule has 1 N–H and O–H groups in total. The first-order valence-electron chi connectivity index (χ1n) is 5.68. The highest BCUT2D eigenvalue weighted by atomic mass is 16.3. The van der Waals surface area contributed by atoms with Crippen molar-refractivity contribution in [3.8, 4) is 0 Å². The molecule has 84 valence electrons. The van der Waals surface area contributed by atoms with Crippen molar-refractivity contribution in [2.24, 2.45) is 5.18 Å². The maximum atomic E-state index is 10.8. The number of hydrogen-bond acceptors (Lipinski definition) is 3. The minimum atomic E-state index is 0.544. The van der Waals surface area contributed by atoms with Gasteiger partial charge in [0.2, 0.25) is 0 Å². The van der Waals surface area contributed by atoms with Gasteiger partial charge in [0.05, 0.1) is 0 Å². The van der Waals surface area contributed by atoms with E-state index in [0.717, 1.165) is 29.8 Å². The number of nitroso groups, excluding NO2 is 1. The summed E-state index contributed by atoms with van der Waals surface area (Å²) in [5.41, 5.74) is 4.95. The van der Waals surface area contributed by atoms with E-state index in [1.807, 2.05) is 24.3 Å². The summed E-state index contributed by atoms with van der Waals surface area (Å²) in [6.45, 7) is 0. The third-order valence-corrected chi connectivity index (χ3v) is 3.18. The second kappa shape index (κ2) is 4.01. The molecule has 0 aliphatic carbocycles. The van der Waals surface area contributed by atoms with Crippen LogP contribution in [-0.2, 0) is 12.8 Å². The van der Waals surface area contributed by atoms with Crippen LogP contribution in [-0.4, -0.2) is 0 Å². The van der Waals surface area contributed by atoms with Gasteiger partial charge in [-0.2, -0.15) is 0 Å². The fraction of sp³-hybridized carbons (Fsp3) is 0.143. The molecule has 2 aromatic rings. The first-order chi connectivity index (χ1) is 8.38. The van der Waals surface area contributed by atoms with Gasteiger partial charge in [-0.3, -0.25) is 0 Å². The number of aryl methyl sites for hydroxylation is 1. The minimum Gasteiger partial charge on any atom is -0.355 e. The molecule has 0 amide bonds. The number of rotatable bonds is 1. The second-order valence-corrected chi connectivity index (χ2v) is 4.18. The Labute approximate surface area is 99.5 Å². The summed E-state index contributed by atoms with van der Waals surface area (Å²) < 4.78 is 0. The monoisotopic (exact) mass is 224 g/mol. The molecule has 3 rings (SSSR count). The fourth-order valence-electron chi connectivity index (χ4n) is 2.31. The van der Waals surface area contributed by atoms with Gasteiger partial charge in [0.25, 0.3) is 0 Å². The molecule has 0 bridgehead atoms. The lowest BCUT2D eigenvalue weighted by atomic mass is 10.0. The third kappa shape index (κ3) is 1.69. The predicted molar refractivity (Wildman–Crippen MR) is 69.0 cm³/mol. The average Bonchev–Trinajstić information content (AvgIpc) is 2.57. The summed E-state index contributed by atoms with van der Waals surface area (Å²) in [5, 5.41) is 6.48. The molecule has 1 aliphatic rings. The first-order valence-corrected chi connectivity index (χ1v) is 5.68. The SMILES string of the molecule is O=Nc1cccc2c1CCc1ccccc1N2. The lowest BCUT2D eigenvalue weighted by Gasteiger charge is -2.09. The van der Waals surface area contributed by atoms with Crippen LogP contribution in [0.1, 0.15) is 11.1 Å². The maximum Gasteiger partial charge on any atom is 0.113 e. The number of nitrogens with one attached hydrogen (secondary N) is 1. The molecule has 3 heteroatoms. The molecule has 1 aliphatic heterocycles. The topological polar surface area (TPSA) is 41.5 Å². The Morgan fingerprint density at radius 3 is 2.65 bits per heavy atom. The summed E-state index contributed by atoms with van der Waals surface area (Å²) in [4.78, 5) is 10.8. The molecule has 0 saturated heterocycles. The molecule has 0 fully saturated rings. The van der Waals surface area contributed by atoms with Crippen LogP contribution in [0.3, 0.4) is 0 Å². The number of para-hydroxylation sites is 1. The van der Waals surface area contributed by atoms with Crippen molar-refractivity contribution in [3.63, 3.8) is 0 Å².